The van der Waals surface area contributed by atoms with Gasteiger partial charge in [-0.15, -0.1) is 0 Å². The minimum atomic E-state index is -0.618. The van der Waals surface area contributed by atoms with E-state index in [1.165, 1.54) is 0 Å². The quantitative estimate of drug-likeness (QED) is 0.665. The van der Waals surface area contributed by atoms with Crippen LogP contribution in [0.5, 0.6) is 0 Å². The van der Waals surface area contributed by atoms with Crippen molar-refractivity contribution in [2.45, 2.75) is 6.04 Å². The fraction of sp³-hybridized carbons (Fsp3) is 0.333. The van der Waals surface area contributed by atoms with Crippen molar-refractivity contribution in [2.75, 3.05) is 39.3 Å². The second-order valence-corrected chi connectivity index (χ2v) is 6.58. The van der Waals surface area contributed by atoms with Gasteiger partial charge in [0.05, 0.1) is 6.04 Å². The predicted octanol–water partition coefficient (Wildman–Crippen LogP) is 0.914. The van der Waals surface area contributed by atoms with Gasteiger partial charge in [-0.2, -0.15) is 0 Å². The number of amides is 2. The molecule has 6 nitrogen and oxygen atoms in total. The van der Waals surface area contributed by atoms with Gasteiger partial charge in [0.1, 0.15) is 0 Å². The molecule has 142 valence electrons. The zero-order chi connectivity index (χ0) is 18.9. The molecule has 0 radical (unpaired) electrons. The lowest BCUT2D eigenvalue weighted by molar-refractivity contribution is -0.139. The van der Waals surface area contributed by atoms with E-state index in [1.807, 2.05) is 60.7 Å². The summed E-state index contributed by atoms with van der Waals surface area (Å²) in [5, 5.41) is 8.88. The summed E-state index contributed by atoms with van der Waals surface area (Å²) in [4.78, 5) is 26.9. The molecule has 0 aliphatic carbocycles. The molecule has 1 aliphatic rings. The van der Waals surface area contributed by atoms with Crippen LogP contribution in [0.2, 0.25) is 0 Å². The summed E-state index contributed by atoms with van der Waals surface area (Å²) in [5.41, 5.74) is 1.87. The molecular weight excluding hydrogens is 340 g/mol. The molecule has 0 atom stereocenters. The number of rotatable bonds is 6. The lowest BCUT2D eigenvalue weighted by Crippen LogP contribution is -2.48. The van der Waals surface area contributed by atoms with E-state index in [-0.39, 0.29) is 6.04 Å². The number of nitrogens with one attached hydrogen (secondary N) is 3. The highest BCUT2D eigenvalue weighted by atomic mass is 16.2. The number of piperazine rings is 1. The summed E-state index contributed by atoms with van der Waals surface area (Å²) in [7, 11) is 0. The molecule has 1 fully saturated rings. The van der Waals surface area contributed by atoms with Crippen LogP contribution in [0, 0.1) is 0 Å². The molecule has 2 aromatic carbocycles. The van der Waals surface area contributed by atoms with Gasteiger partial charge in [0.2, 0.25) is 0 Å². The summed E-state index contributed by atoms with van der Waals surface area (Å²) in [6.45, 7) is 5.07. The third-order valence-electron chi connectivity index (χ3n) is 4.67. The molecule has 0 aromatic heterocycles. The lowest BCUT2D eigenvalue weighted by atomic mass is 9.99. The zero-order valence-corrected chi connectivity index (χ0v) is 15.4. The number of carbonyl (C=O) groups excluding carboxylic acids is 2. The Labute approximate surface area is 159 Å². The van der Waals surface area contributed by atoms with Crippen LogP contribution in [0.25, 0.3) is 0 Å². The van der Waals surface area contributed by atoms with E-state index in [0.29, 0.717) is 6.54 Å². The number of hydrogen-bond donors (Lipinski definition) is 3. The normalized spacial score (nSPS) is 14.7. The van der Waals surface area contributed by atoms with E-state index in [1.54, 1.807) is 0 Å². The van der Waals surface area contributed by atoms with Gasteiger partial charge in [-0.1, -0.05) is 60.7 Å². The minimum Gasteiger partial charge on any atom is -0.347 e. The maximum Gasteiger partial charge on any atom is 0.310 e. The largest absolute Gasteiger partial charge is 0.347 e. The molecule has 3 rings (SSSR count). The number of hydrogen-bond acceptors (Lipinski definition) is 4. The summed E-state index contributed by atoms with van der Waals surface area (Å²) >= 11 is 0. The number of nitrogens with zero attached hydrogens (tertiary/aromatic N) is 1. The van der Waals surface area contributed by atoms with Crippen molar-refractivity contribution < 1.29 is 9.59 Å². The van der Waals surface area contributed by atoms with Crippen molar-refractivity contribution >= 4 is 11.8 Å². The molecule has 1 aliphatic heterocycles. The van der Waals surface area contributed by atoms with Gasteiger partial charge in [-0.25, -0.2) is 0 Å². The zero-order valence-electron chi connectivity index (χ0n) is 15.4. The van der Waals surface area contributed by atoms with Crippen LogP contribution in [-0.2, 0) is 9.59 Å². The van der Waals surface area contributed by atoms with Crippen molar-refractivity contribution in [3.05, 3.63) is 71.8 Å². The van der Waals surface area contributed by atoms with Crippen molar-refractivity contribution in [1.82, 2.24) is 20.9 Å². The predicted molar refractivity (Wildman–Crippen MR) is 105 cm³/mol. The van der Waals surface area contributed by atoms with E-state index in [0.717, 1.165) is 43.9 Å². The van der Waals surface area contributed by atoms with Crippen molar-refractivity contribution in [3.63, 3.8) is 0 Å². The maximum atomic E-state index is 12.4. The standard InChI is InChI=1S/C21H26N4O2/c26-20(23-13-16-25-14-11-22-12-15-25)21(27)24-19(17-7-3-1-4-8-17)18-9-5-2-6-10-18/h1-10,19,22H,11-16H2,(H,23,26)(H,24,27). The van der Waals surface area contributed by atoms with E-state index in [2.05, 4.69) is 20.9 Å². The second-order valence-electron chi connectivity index (χ2n) is 6.58. The first-order chi connectivity index (χ1) is 13.2. The molecule has 0 bridgehead atoms. The van der Waals surface area contributed by atoms with Gasteiger partial charge in [0, 0.05) is 39.3 Å². The average Bonchev–Trinajstić information content (AvgIpc) is 2.74. The first-order valence-electron chi connectivity index (χ1n) is 9.35. The first kappa shape index (κ1) is 19.1. The van der Waals surface area contributed by atoms with Crippen LogP contribution >= 0.6 is 0 Å². The van der Waals surface area contributed by atoms with Gasteiger partial charge in [0.15, 0.2) is 0 Å². The Kier molecular flexibility index (Phi) is 6.96. The summed E-state index contributed by atoms with van der Waals surface area (Å²) in [6, 6.07) is 19.0. The number of benzene rings is 2. The van der Waals surface area contributed by atoms with Gasteiger partial charge < -0.3 is 16.0 Å². The van der Waals surface area contributed by atoms with Crippen LogP contribution in [0.15, 0.2) is 60.7 Å². The van der Waals surface area contributed by atoms with E-state index >= 15 is 0 Å². The fourth-order valence-corrected chi connectivity index (χ4v) is 3.19. The maximum absolute atomic E-state index is 12.4. The van der Waals surface area contributed by atoms with Crippen LogP contribution in [0.3, 0.4) is 0 Å². The van der Waals surface area contributed by atoms with Gasteiger partial charge in [-0.3, -0.25) is 14.5 Å². The SMILES string of the molecule is O=C(NCCN1CCNCC1)C(=O)NC(c1ccccc1)c1ccccc1. The molecule has 1 heterocycles. The smallest absolute Gasteiger partial charge is 0.310 e. The monoisotopic (exact) mass is 366 g/mol. The van der Waals surface area contributed by atoms with Gasteiger partial charge in [-0.05, 0) is 11.1 Å². The Morgan fingerprint density at radius 2 is 1.44 bits per heavy atom. The minimum absolute atomic E-state index is 0.362. The molecule has 2 amide bonds. The fourth-order valence-electron chi connectivity index (χ4n) is 3.19. The Bertz CT molecular complexity index is 691. The molecule has 1 saturated heterocycles. The molecule has 0 saturated carbocycles. The third kappa shape index (κ3) is 5.64. The topological polar surface area (TPSA) is 73.5 Å². The molecule has 2 aromatic rings. The van der Waals surface area contributed by atoms with Crippen molar-refractivity contribution in [3.8, 4) is 0 Å². The summed E-state index contributed by atoms with van der Waals surface area (Å²) < 4.78 is 0. The number of carbonyl (C=O) groups is 2. The molecule has 6 heteroatoms. The van der Waals surface area contributed by atoms with Crippen LogP contribution < -0.4 is 16.0 Å². The van der Waals surface area contributed by atoms with E-state index in [4.69, 9.17) is 0 Å². The van der Waals surface area contributed by atoms with Crippen LogP contribution in [0.1, 0.15) is 17.2 Å². The molecule has 3 N–H and O–H groups in total. The van der Waals surface area contributed by atoms with Crippen LogP contribution in [0.4, 0.5) is 0 Å². The van der Waals surface area contributed by atoms with Crippen molar-refractivity contribution in [1.29, 1.82) is 0 Å². The summed E-state index contributed by atoms with van der Waals surface area (Å²) in [6.07, 6.45) is 0. The van der Waals surface area contributed by atoms with E-state index < -0.39 is 11.8 Å². The third-order valence-corrected chi connectivity index (χ3v) is 4.67. The first-order valence-corrected chi connectivity index (χ1v) is 9.35. The Morgan fingerprint density at radius 3 is 2.00 bits per heavy atom. The Morgan fingerprint density at radius 1 is 0.889 bits per heavy atom. The average molecular weight is 366 g/mol. The lowest BCUT2D eigenvalue weighted by Gasteiger charge is -2.27. The van der Waals surface area contributed by atoms with E-state index in [9.17, 15) is 9.59 Å². The van der Waals surface area contributed by atoms with Crippen LogP contribution in [-0.4, -0.2) is 56.0 Å². The highest BCUT2D eigenvalue weighted by molar-refractivity contribution is 6.35. The highest BCUT2D eigenvalue weighted by Crippen LogP contribution is 2.21. The highest BCUT2D eigenvalue weighted by Gasteiger charge is 2.21. The van der Waals surface area contributed by atoms with Crippen molar-refractivity contribution in [2.24, 2.45) is 0 Å². The Hall–Kier alpha value is -2.70. The molecular formula is C21H26N4O2. The molecule has 0 spiro atoms. The van der Waals surface area contributed by atoms with Gasteiger partial charge >= 0.3 is 11.8 Å². The second kappa shape index (κ2) is 9.85. The molecule has 27 heavy (non-hydrogen) atoms. The Balaban J connectivity index is 1.58. The van der Waals surface area contributed by atoms with Gasteiger partial charge in [0.25, 0.3) is 0 Å². The summed E-state index contributed by atoms with van der Waals surface area (Å²) in [5.74, 6) is -1.21. The molecule has 0 unspecified atom stereocenters.